The molecule has 1 aliphatic rings. The topological polar surface area (TPSA) is 91.6 Å². The Morgan fingerprint density at radius 2 is 1.88 bits per heavy atom. The first-order valence-electron chi connectivity index (χ1n) is 8.28. The Hall–Kier alpha value is -2.74. The summed E-state index contributed by atoms with van der Waals surface area (Å²) in [5, 5.41) is 6.34. The van der Waals surface area contributed by atoms with Crippen LogP contribution in [0.1, 0.15) is 33.4 Å². The minimum atomic E-state index is -0.383. The largest absolute Gasteiger partial charge is 0.360 e. The van der Waals surface area contributed by atoms with E-state index in [4.69, 9.17) is 4.52 Å². The smallest absolute Gasteiger partial charge is 0.258 e. The van der Waals surface area contributed by atoms with Crippen molar-refractivity contribution in [2.75, 3.05) is 38.0 Å². The predicted octanol–water partition coefficient (Wildman–Crippen LogP) is 1.41. The second-order valence-electron chi connectivity index (χ2n) is 5.97. The number of nitrogens with zero attached hydrogens (tertiary/aromatic N) is 4. The highest BCUT2D eigenvalue weighted by Crippen LogP contribution is 2.12. The van der Waals surface area contributed by atoms with Crippen LogP contribution >= 0.6 is 0 Å². The Morgan fingerprint density at radius 1 is 1.16 bits per heavy atom. The number of pyridine rings is 1. The van der Waals surface area contributed by atoms with Gasteiger partial charge in [0.25, 0.3) is 11.8 Å². The summed E-state index contributed by atoms with van der Waals surface area (Å²) >= 11 is 0. The normalized spacial score (nSPS) is 15.2. The number of carbonyl (C=O) groups excluding carboxylic acids is 2. The fraction of sp³-hybridized carbons (Fsp3) is 0.412. The molecule has 0 radical (unpaired) electrons. The Kier molecular flexibility index (Phi) is 5.08. The molecule has 1 saturated heterocycles. The van der Waals surface area contributed by atoms with Gasteiger partial charge in [0.05, 0.1) is 11.1 Å². The maximum absolute atomic E-state index is 12.6. The Labute approximate surface area is 145 Å². The lowest BCUT2D eigenvalue weighted by molar-refractivity contribution is 0.0643. The molecule has 2 aromatic heterocycles. The van der Waals surface area contributed by atoms with Gasteiger partial charge >= 0.3 is 0 Å². The van der Waals surface area contributed by atoms with Gasteiger partial charge in [-0.3, -0.25) is 14.6 Å². The van der Waals surface area contributed by atoms with Crippen molar-refractivity contribution in [3.05, 3.63) is 41.4 Å². The number of anilines is 1. The summed E-state index contributed by atoms with van der Waals surface area (Å²) in [7, 11) is 0. The third-order valence-corrected chi connectivity index (χ3v) is 4.22. The van der Waals surface area contributed by atoms with E-state index < -0.39 is 0 Å². The number of hydrogen-bond acceptors (Lipinski definition) is 6. The first-order valence-corrected chi connectivity index (χ1v) is 8.28. The summed E-state index contributed by atoms with van der Waals surface area (Å²) < 4.78 is 4.92. The van der Waals surface area contributed by atoms with E-state index in [1.54, 1.807) is 24.0 Å². The van der Waals surface area contributed by atoms with Crippen LogP contribution in [0, 0.1) is 6.92 Å². The van der Waals surface area contributed by atoms with E-state index in [0.717, 1.165) is 19.6 Å². The van der Waals surface area contributed by atoms with E-state index in [-0.39, 0.29) is 11.8 Å². The van der Waals surface area contributed by atoms with Crippen LogP contribution in [0.2, 0.25) is 0 Å². The number of rotatable bonds is 4. The third-order valence-electron chi connectivity index (χ3n) is 4.22. The molecule has 0 spiro atoms. The molecule has 2 amide bonds. The Morgan fingerprint density at radius 3 is 2.52 bits per heavy atom. The number of aryl methyl sites for hydroxylation is 1. The van der Waals surface area contributed by atoms with Crippen molar-refractivity contribution in [2.24, 2.45) is 0 Å². The van der Waals surface area contributed by atoms with Crippen LogP contribution in [0.5, 0.6) is 0 Å². The summed E-state index contributed by atoms with van der Waals surface area (Å²) in [4.78, 5) is 33.1. The first kappa shape index (κ1) is 17.1. The summed E-state index contributed by atoms with van der Waals surface area (Å²) in [5.74, 6) is 0.444. The molecule has 0 aromatic carbocycles. The highest BCUT2D eigenvalue weighted by atomic mass is 16.5. The minimum absolute atomic E-state index is 0.102. The number of nitrogens with one attached hydrogen (secondary N) is 1. The molecule has 0 atom stereocenters. The van der Waals surface area contributed by atoms with Gasteiger partial charge in [-0.05, 0) is 19.5 Å². The highest BCUT2D eigenvalue weighted by molar-refractivity contribution is 6.05. The van der Waals surface area contributed by atoms with Gasteiger partial charge in [0.2, 0.25) is 0 Å². The molecule has 3 rings (SSSR count). The number of likely N-dealkylation sites (N-methyl/N-ethyl adjacent to an activating group) is 1. The minimum Gasteiger partial charge on any atom is -0.360 e. The van der Waals surface area contributed by atoms with E-state index in [2.05, 4.69) is 27.3 Å². The monoisotopic (exact) mass is 343 g/mol. The van der Waals surface area contributed by atoms with Gasteiger partial charge in [-0.15, -0.1) is 0 Å². The lowest BCUT2D eigenvalue weighted by atomic mass is 10.1. The van der Waals surface area contributed by atoms with Crippen molar-refractivity contribution in [3.63, 3.8) is 0 Å². The predicted molar refractivity (Wildman–Crippen MR) is 91.4 cm³/mol. The van der Waals surface area contributed by atoms with Gasteiger partial charge in [0.1, 0.15) is 5.76 Å². The molecule has 0 saturated carbocycles. The van der Waals surface area contributed by atoms with E-state index in [1.165, 1.54) is 12.4 Å². The quantitative estimate of drug-likeness (QED) is 0.902. The van der Waals surface area contributed by atoms with Crippen LogP contribution in [-0.2, 0) is 0 Å². The van der Waals surface area contributed by atoms with Crippen LogP contribution in [0.4, 0.5) is 5.82 Å². The fourth-order valence-corrected chi connectivity index (χ4v) is 2.74. The molecule has 3 heterocycles. The molecule has 0 aliphatic carbocycles. The summed E-state index contributed by atoms with van der Waals surface area (Å²) in [5.41, 5.74) is 0.715. The molecule has 1 aliphatic heterocycles. The van der Waals surface area contributed by atoms with Gasteiger partial charge in [0, 0.05) is 44.6 Å². The molecule has 2 aromatic rings. The zero-order valence-corrected chi connectivity index (χ0v) is 14.4. The number of piperazine rings is 1. The molecule has 1 N–H and O–H groups in total. The molecule has 25 heavy (non-hydrogen) atoms. The summed E-state index contributed by atoms with van der Waals surface area (Å²) in [6.07, 6.45) is 2.92. The highest BCUT2D eigenvalue weighted by Gasteiger charge is 2.22. The maximum Gasteiger partial charge on any atom is 0.258 e. The molecule has 0 unspecified atom stereocenters. The SMILES string of the molecule is CCN1CCN(C(=O)c2cncc(C(=O)Nc3cc(C)on3)c2)CC1. The average Bonchev–Trinajstić information content (AvgIpc) is 3.06. The maximum atomic E-state index is 12.6. The second kappa shape index (κ2) is 7.43. The molecular weight excluding hydrogens is 322 g/mol. The van der Waals surface area contributed by atoms with Crippen LogP contribution in [-0.4, -0.2) is 64.5 Å². The zero-order valence-electron chi connectivity index (χ0n) is 14.4. The summed E-state index contributed by atoms with van der Waals surface area (Å²) in [6.45, 7) is 7.92. The molecular formula is C17H21N5O3. The van der Waals surface area contributed by atoms with E-state index in [1.807, 2.05) is 0 Å². The van der Waals surface area contributed by atoms with Crippen molar-refractivity contribution in [3.8, 4) is 0 Å². The van der Waals surface area contributed by atoms with Crippen molar-refractivity contribution in [1.29, 1.82) is 0 Å². The fourth-order valence-electron chi connectivity index (χ4n) is 2.74. The average molecular weight is 343 g/mol. The zero-order chi connectivity index (χ0) is 17.8. The van der Waals surface area contributed by atoms with Crippen molar-refractivity contribution in [1.82, 2.24) is 19.9 Å². The first-order chi connectivity index (χ1) is 12.1. The molecule has 0 bridgehead atoms. The second-order valence-corrected chi connectivity index (χ2v) is 5.97. The number of carbonyl (C=O) groups is 2. The van der Waals surface area contributed by atoms with Crippen LogP contribution < -0.4 is 5.32 Å². The van der Waals surface area contributed by atoms with Crippen LogP contribution in [0.25, 0.3) is 0 Å². The number of hydrogen-bond donors (Lipinski definition) is 1. The Balaban J connectivity index is 1.68. The van der Waals surface area contributed by atoms with Gasteiger partial charge in [-0.1, -0.05) is 12.1 Å². The summed E-state index contributed by atoms with van der Waals surface area (Å²) in [6, 6.07) is 3.18. The van der Waals surface area contributed by atoms with Crippen LogP contribution in [0.15, 0.2) is 29.0 Å². The van der Waals surface area contributed by atoms with Gasteiger partial charge in [0.15, 0.2) is 5.82 Å². The molecule has 1 fully saturated rings. The number of aromatic nitrogens is 2. The van der Waals surface area contributed by atoms with Gasteiger partial charge in [-0.2, -0.15) is 0 Å². The van der Waals surface area contributed by atoms with Crippen LogP contribution in [0.3, 0.4) is 0 Å². The lowest BCUT2D eigenvalue weighted by Gasteiger charge is -2.34. The van der Waals surface area contributed by atoms with Crippen molar-refractivity contribution in [2.45, 2.75) is 13.8 Å². The van der Waals surface area contributed by atoms with E-state index in [0.29, 0.717) is 35.8 Å². The lowest BCUT2D eigenvalue weighted by Crippen LogP contribution is -2.48. The van der Waals surface area contributed by atoms with E-state index >= 15 is 0 Å². The molecule has 8 nitrogen and oxygen atoms in total. The molecule has 8 heteroatoms. The van der Waals surface area contributed by atoms with Crippen molar-refractivity contribution < 1.29 is 14.1 Å². The van der Waals surface area contributed by atoms with Gasteiger partial charge in [-0.25, -0.2) is 0 Å². The van der Waals surface area contributed by atoms with Crippen molar-refractivity contribution >= 4 is 17.6 Å². The third kappa shape index (κ3) is 4.03. The van der Waals surface area contributed by atoms with Gasteiger partial charge < -0.3 is 19.6 Å². The Bertz CT molecular complexity index is 765. The van der Waals surface area contributed by atoms with E-state index in [9.17, 15) is 9.59 Å². The molecule has 132 valence electrons. The standard InChI is InChI=1S/C17H21N5O3/c1-3-21-4-6-22(7-5-21)17(24)14-9-13(10-18-11-14)16(23)19-15-8-12(2)25-20-15/h8-11H,3-7H2,1-2H3,(H,19,20,23). The number of amides is 2.